The summed E-state index contributed by atoms with van der Waals surface area (Å²) in [6, 6.07) is 9.07. The van der Waals surface area contributed by atoms with Gasteiger partial charge in [-0.15, -0.1) is 0 Å². The highest BCUT2D eigenvalue weighted by molar-refractivity contribution is 5.97. The number of benzene rings is 1. The molecule has 0 fully saturated rings. The number of ether oxygens (including phenoxy) is 2. The lowest BCUT2D eigenvalue weighted by Gasteiger charge is -2.05. The zero-order valence-corrected chi connectivity index (χ0v) is 11.9. The molecule has 0 aromatic heterocycles. The summed E-state index contributed by atoms with van der Waals surface area (Å²) in [6.07, 6.45) is 4.86. The molecule has 4 heteroatoms. The predicted octanol–water partition coefficient (Wildman–Crippen LogP) is 3.34. The Morgan fingerprint density at radius 3 is 2.55 bits per heavy atom. The van der Waals surface area contributed by atoms with Gasteiger partial charge in [-0.25, -0.2) is 4.79 Å². The van der Waals surface area contributed by atoms with Crippen molar-refractivity contribution < 1.29 is 14.3 Å². The third-order valence-corrected chi connectivity index (χ3v) is 2.73. The summed E-state index contributed by atoms with van der Waals surface area (Å²) in [5.74, 6) is 0.155. The quantitative estimate of drug-likeness (QED) is 0.331. The number of carbonyl (C=O) groups is 1. The number of rotatable bonds is 7. The van der Waals surface area contributed by atoms with Gasteiger partial charge < -0.3 is 9.47 Å². The van der Waals surface area contributed by atoms with E-state index < -0.39 is 5.97 Å². The highest BCUT2D eigenvalue weighted by Gasteiger charge is 2.08. The van der Waals surface area contributed by atoms with Crippen molar-refractivity contribution in [1.29, 1.82) is 5.26 Å². The molecule has 0 spiro atoms. The number of esters is 1. The fraction of sp³-hybridized carbons (Fsp3) is 0.375. The van der Waals surface area contributed by atoms with Gasteiger partial charge in [-0.05, 0) is 30.2 Å². The Bertz CT molecular complexity index is 497. The minimum atomic E-state index is -0.632. The normalized spacial score (nSPS) is 10.8. The smallest absolute Gasteiger partial charge is 0.348 e. The van der Waals surface area contributed by atoms with Gasteiger partial charge in [-0.3, -0.25) is 0 Å². The van der Waals surface area contributed by atoms with Gasteiger partial charge in [0.2, 0.25) is 0 Å². The fourth-order valence-electron chi connectivity index (χ4n) is 1.62. The summed E-state index contributed by atoms with van der Waals surface area (Å²) in [7, 11) is 1.25. The number of nitrogens with zero attached hydrogens (tertiary/aromatic N) is 1. The second-order valence-electron chi connectivity index (χ2n) is 4.29. The molecule has 106 valence electrons. The van der Waals surface area contributed by atoms with Crippen LogP contribution in [0.2, 0.25) is 0 Å². The first-order valence-corrected chi connectivity index (χ1v) is 6.64. The van der Waals surface area contributed by atoms with Crippen LogP contribution in [0.25, 0.3) is 6.08 Å². The van der Waals surface area contributed by atoms with Gasteiger partial charge >= 0.3 is 5.97 Å². The summed E-state index contributed by atoms with van der Waals surface area (Å²) in [6.45, 7) is 2.85. The van der Waals surface area contributed by atoms with Crippen molar-refractivity contribution in [3.05, 3.63) is 35.4 Å². The molecule has 20 heavy (non-hydrogen) atoms. The van der Waals surface area contributed by atoms with Crippen LogP contribution in [-0.4, -0.2) is 19.7 Å². The summed E-state index contributed by atoms with van der Waals surface area (Å²) in [4.78, 5) is 11.3. The Hall–Kier alpha value is -2.28. The molecule has 1 aromatic rings. The standard InChI is InChI=1S/C16H19NO3/c1-3-4-5-10-20-15-8-6-13(7-9-15)11-14(12-17)16(18)19-2/h6-9,11H,3-5,10H2,1-2H3/b14-11-. The van der Waals surface area contributed by atoms with Gasteiger partial charge in [0.25, 0.3) is 0 Å². The van der Waals surface area contributed by atoms with E-state index in [1.165, 1.54) is 13.2 Å². The largest absolute Gasteiger partial charge is 0.494 e. The zero-order valence-electron chi connectivity index (χ0n) is 11.9. The highest BCUT2D eigenvalue weighted by Crippen LogP contribution is 2.15. The van der Waals surface area contributed by atoms with Crippen LogP contribution in [-0.2, 0) is 9.53 Å². The van der Waals surface area contributed by atoms with Crippen LogP contribution in [0.5, 0.6) is 5.75 Å². The lowest BCUT2D eigenvalue weighted by atomic mass is 10.1. The van der Waals surface area contributed by atoms with Crippen LogP contribution in [0.3, 0.4) is 0 Å². The monoisotopic (exact) mass is 273 g/mol. The number of unbranched alkanes of at least 4 members (excludes halogenated alkanes) is 2. The predicted molar refractivity (Wildman–Crippen MR) is 77.1 cm³/mol. The molecule has 0 radical (unpaired) electrons. The molecular formula is C16H19NO3. The molecule has 0 aliphatic rings. The van der Waals surface area contributed by atoms with Gasteiger partial charge in [0, 0.05) is 0 Å². The van der Waals surface area contributed by atoms with Crippen LogP contribution in [0.4, 0.5) is 0 Å². The average Bonchev–Trinajstić information content (AvgIpc) is 2.49. The second kappa shape index (κ2) is 8.76. The molecule has 0 amide bonds. The summed E-state index contributed by atoms with van der Waals surface area (Å²) in [5.41, 5.74) is 0.733. The van der Waals surface area contributed by atoms with Crippen molar-refractivity contribution in [3.8, 4) is 11.8 Å². The molecule has 0 unspecified atom stereocenters. The van der Waals surface area contributed by atoms with Gasteiger partial charge in [0.15, 0.2) is 0 Å². The molecule has 0 saturated carbocycles. The van der Waals surface area contributed by atoms with Crippen LogP contribution in [0.1, 0.15) is 31.7 Å². The molecule has 0 heterocycles. The lowest BCUT2D eigenvalue weighted by molar-refractivity contribution is -0.135. The SMILES string of the molecule is CCCCCOc1ccc(/C=C(/C#N)C(=O)OC)cc1. The first-order valence-electron chi connectivity index (χ1n) is 6.64. The topological polar surface area (TPSA) is 59.3 Å². The minimum Gasteiger partial charge on any atom is -0.494 e. The van der Waals surface area contributed by atoms with Crippen molar-refractivity contribution in [3.63, 3.8) is 0 Å². The lowest BCUT2D eigenvalue weighted by Crippen LogP contribution is -2.02. The van der Waals surface area contributed by atoms with E-state index in [1.807, 2.05) is 18.2 Å². The van der Waals surface area contributed by atoms with Crippen molar-refractivity contribution in [1.82, 2.24) is 0 Å². The fourth-order valence-corrected chi connectivity index (χ4v) is 1.62. The van der Waals surface area contributed by atoms with Crippen LogP contribution in [0, 0.1) is 11.3 Å². The minimum absolute atomic E-state index is 0.0240. The number of nitriles is 1. The molecule has 0 atom stereocenters. The Morgan fingerprint density at radius 1 is 1.30 bits per heavy atom. The first kappa shape index (κ1) is 15.8. The van der Waals surface area contributed by atoms with E-state index in [0.717, 1.165) is 30.6 Å². The van der Waals surface area contributed by atoms with Crippen molar-refractivity contribution >= 4 is 12.0 Å². The number of methoxy groups -OCH3 is 1. The number of hydrogen-bond acceptors (Lipinski definition) is 4. The van der Waals surface area contributed by atoms with Crippen molar-refractivity contribution in [2.75, 3.05) is 13.7 Å². The van der Waals surface area contributed by atoms with Crippen LogP contribution in [0.15, 0.2) is 29.8 Å². The Morgan fingerprint density at radius 2 is 2.00 bits per heavy atom. The Balaban J connectivity index is 2.64. The highest BCUT2D eigenvalue weighted by atomic mass is 16.5. The average molecular weight is 273 g/mol. The maximum atomic E-state index is 11.3. The third-order valence-electron chi connectivity index (χ3n) is 2.73. The maximum Gasteiger partial charge on any atom is 0.348 e. The number of carbonyl (C=O) groups excluding carboxylic acids is 1. The van der Waals surface area contributed by atoms with Gasteiger partial charge in [0.05, 0.1) is 13.7 Å². The molecule has 0 aliphatic heterocycles. The Labute approximate surface area is 119 Å². The van der Waals surface area contributed by atoms with Gasteiger partial charge in [-0.2, -0.15) is 5.26 Å². The molecule has 0 N–H and O–H groups in total. The Kier molecular flexibility index (Phi) is 6.91. The molecule has 1 rings (SSSR count). The van der Waals surface area contributed by atoms with Crippen LogP contribution < -0.4 is 4.74 Å². The number of hydrogen-bond donors (Lipinski definition) is 0. The van der Waals surface area contributed by atoms with E-state index in [-0.39, 0.29) is 5.57 Å². The third kappa shape index (κ3) is 5.15. The van der Waals surface area contributed by atoms with Crippen LogP contribution >= 0.6 is 0 Å². The van der Waals surface area contributed by atoms with Crippen molar-refractivity contribution in [2.45, 2.75) is 26.2 Å². The van der Waals surface area contributed by atoms with E-state index in [2.05, 4.69) is 11.7 Å². The van der Waals surface area contributed by atoms with E-state index in [1.54, 1.807) is 12.1 Å². The molecule has 4 nitrogen and oxygen atoms in total. The van der Waals surface area contributed by atoms with E-state index in [9.17, 15) is 4.79 Å². The van der Waals surface area contributed by atoms with E-state index >= 15 is 0 Å². The van der Waals surface area contributed by atoms with Crippen molar-refractivity contribution in [2.24, 2.45) is 0 Å². The second-order valence-corrected chi connectivity index (χ2v) is 4.29. The molecule has 0 saturated heterocycles. The molecule has 0 aliphatic carbocycles. The van der Waals surface area contributed by atoms with E-state index in [4.69, 9.17) is 10.00 Å². The van der Waals surface area contributed by atoms with Gasteiger partial charge in [-0.1, -0.05) is 31.9 Å². The summed E-state index contributed by atoms with van der Waals surface area (Å²) < 4.78 is 10.1. The maximum absolute atomic E-state index is 11.3. The molecular weight excluding hydrogens is 254 g/mol. The molecule has 0 bridgehead atoms. The first-order chi connectivity index (χ1) is 9.71. The van der Waals surface area contributed by atoms with Gasteiger partial charge in [0.1, 0.15) is 17.4 Å². The van der Waals surface area contributed by atoms with E-state index in [0.29, 0.717) is 6.61 Å². The summed E-state index contributed by atoms with van der Waals surface area (Å²) in [5, 5.41) is 8.87. The zero-order chi connectivity index (χ0) is 14.8. The summed E-state index contributed by atoms with van der Waals surface area (Å²) >= 11 is 0. The molecule has 1 aromatic carbocycles.